The van der Waals surface area contributed by atoms with E-state index in [2.05, 4.69) is 4.98 Å². The molecule has 0 aliphatic heterocycles. The second kappa shape index (κ2) is 6.72. The normalized spacial score (nSPS) is 10.6. The number of carbonyl (C=O) groups is 1. The van der Waals surface area contributed by atoms with Crippen LogP contribution in [0.15, 0.2) is 54.9 Å². The van der Waals surface area contributed by atoms with E-state index in [1.165, 1.54) is 11.8 Å². The molecule has 0 saturated carbocycles. The molecule has 3 heterocycles. The maximum Gasteiger partial charge on any atom is 0.410 e. The van der Waals surface area contributed by atoms with Crippen molar-refractivity contribution in [2.75, 3.05) is 7.11 Å². The number of methoxy groups -OCH3 is 1. The molecule has 3 rings (SSSR count). The summed E-state index contributed by atoms with van der Waals surface area (Å²) in [5, 5.41) is 0. The lowest BCUT2D eigenvalue weighted by atomic mass is 10.1. The summed E-state index contributed by atoms with van der Waals surface area (Å²) in [6.07, 6.45) is 3.30. The van der Waals surface area contributed by atoms with Gasteiger partial charge in [-0.3, -0.25) is 0 Å². The quantitative estimate of drug-likeness (QED) is 0.415. The summed E-state index contributed by atoms with van der Waals surface area (Å²) in [7, 11) is 1.28. The van der Waals surface area contributed by atoms with E-state index in [4.69, 9.17) is 4.74 Å². The standard InChI is InChI=1S/C18H15F2N3O2/c1-12-11-15(19)21-17(20)16(12)13-7-3-5-9-22(13)23-10-6-4-8-14(23)18(24)25-2/h3-11H,1-2H3/q+2. The summed E-state index contributed by atoms with van der Waals surface area (Å²) >= 11 is 0. The zero-order chi connectivity index (χ0) is 18.0. The summed E-state index contributed by atoms with van der Waals surface area (Å²) in [5.41, 5.74) is 1.19. The molecule has 3 aromatic heterocycles. The van der Waals surface area contributed by atoms with Crippen LogP contribution in [0, 0.1) is 18.8 Å². The molecule has 0 amide bonds. The largest absolute Gasteiger partial charge is 0.461 e. The number of esters is 1. The smallest absolute Gasteiger partial charge is 0.410 e. The first kappa shape index (κ1) is 16.6. The van der Waals surface area contributed by atoms with Gasteiger partial charge >= 0.3 is 11.7 Å². The van der Waals surface area contributed by atoms with Crippen LogP contribution in [0.1, 0.15) is 16.1 Å². The van der Waals surface area contributed by atoms with Crippen LogP contribution < -0.4 is 9.35 Å². The molecule has 0 atom stereocenters. The van der Waals surface area contributed by atoms with Gasteiger partial charge in [-0.15, -0.1) is 0 Å². The van der Waals surface area contributed by atoms with Crippen molar-refractivity contribution < 1.29 is 27.7 Å². The Hall–Kier alpha value is -3.22. The first-order valence-corrected chi connectivity index (χ1v) is 7.46. The predicted molar refractivity (Wildman–Crippen MR) is 83.3 cm³/mol. The van der Waals surface area contributed by atoms with Crippen molar-refractivity contribution in [2.45, 2.75) is 6.92 Å². The minimum Gasteiger partial charge on any atom is -0.461 e. The third-order valence-corrected chi connectivity index (χ3v) is 3.70. The van der Waals surface area contributed by atoms with E-state index in [0.29, 0.717) is 11.3 Å². The van der Waals surface area contributed by atoms with Crippen LogP contribution in [0.4, 0.5) is 8.78 Å². The van der Waals surface area contributed by atoms with Gasteiger partial charge in [0.25, 0.3) is 5.69 Å². The molecule has 0 radical (unpaired) electrons. The highest BCUT2D eigenvalue weighted by Crippen LogP contribution is 2.22. The molecule has 0 spiro atoms. The summed E-state index contributed by atoms with van der Waals surface area (Å²) in [4.78, 5) is 15.3. The fourth-order valence-corrected chi connectivity index (χ4v) is 2.61. The van der Waals surface area contributed by atoms with Crippen molar-refractivity contribution >= 4 is 5.97 Å². The number of pyridine rings is 3. The van der Waals surface area contributed by atoms with E-state index in [0.717, 1.165) is 6.07 Å². The Labute approximate surface area is 142 Å². The van der Waals surface area contributed by atoms with Gasteiger partial charge in [-0.25, -0.2) is 4.79 Å². The molecule has 7 heteroatoms. The lowest BCUT2D eigenvalue weighted by Gasteiger charge is -2.04. The van der Waals surface area contributed by atoms with Crippen LogP contribution in [-0.4, -0.2) is 18.1 Å². The molecular formula is C18H15F2N3O2+2. The van der Waals surface area contributed by atoms with E-state index in [1.54, 1.807) is 60.4 Å². The zero-order valence-corrected chi connectivity index (χ0v) is 13.6. The highest BCUT2D eigenvalue weighted by molar-refractivity contribution is 5.85. The van der Waals surface area contributed by atoms with Crippen molar-refractivity contribution in [3.8, 4) is 11.3 Å². The number of rotatable bonds is 3. The van der Waals surface area contributed by atoms with Gasteiger partial charge < -0.3 is 4.74 Å². The Morgan fingerprint density at radius 1 is 1.08 bits per heavy atom. The van der Waals surface area contributed by atoms with Crippen LogP contribution in [0.25, 0.3) is 11.3 Å². The van der Waals surface area contributed by atoms with Crippen LogP contribution in [0.5, 0.6) is 0 Å². The van der Waals surface area contributed by atoms with Gasteiger partial charge in [0, 0.05) is 24.3 Å². The number of nitrogens with zero attached hydrogens (tertiary/aromatic N) is 3. The highest BCUT2D eigenvalue weighted by atomic mass is 19.1. The molecule has 0 aromatic carbocycles. The van der Waals surface area contributed by atoms with Crippen molar-refractivity contribution in [3.05, 3.63) is 78.0 Å². The number of aryl methyl sites for hydroxylation is 1. The monoisotopic (exact) mass is 343 g/mol. The molecule has 25 heavy (non-hydrogen) atoms. The Balaban J connectivity index is 2.28. The van der Waals surface area contributed by atoms with E-state index >= 15 is 0 Å². The number of ether oxygens (including phenoxy) is 1. The average molecular weight is 343 g/mol. The Morgan fingerprint density at radius 3 is 2.44 bits per heavy atom. The van der Waals surface area contributed by atoms with Gasteiger partial charge in [0.2, 0.25) is 24.3 Å². The number of hydrogen-bond donors (Lipinski definition) is 0. The predicted octanol–water partition coefficient (Wildman–Crippen LogP) is 2.01. The summed E-state index contributed by atoms with van der Waals surface area (Å²) in [5.74, 6) is -2.35. The third kappa shape index (κ3) is 3.08. The molecule has 126 valence electrons. The minimum absolute atomic E-state index is 0.147. The number of aromatic nitrogens is 3. The fourth-order valence-electron chi connectivity index (χ4n) is 2.61. The first-order chi connectivity index (χ1) is 12.0. The lowest BCUT2D eigenvalue weighted by molar-refractivity contribution is -1.29. The van der Waals surface area contributed by atoms with Crippen LogP contribution >= 0.6 is 0 Å². The van der Waals surface area contributed by atoms with E-state index < -0.39 is 17.9 Å². The second-order valence-electron chi connectivity index (χ2n) is 5.28. The van der Waals surface area contributed by atoms with E-state index in [1.807, 2.05) is 0 Å². The van der Waals surface area contributed by atoms with Gasteiger partial charge in [-0.2, -0.15) is 13.8 Å². The van der Waals surface area contributed by atoms with Gasteiger partial charge in [0.1, 0.15) is 5.56 Å². The Morgan fingerprint density at radius 2 is 1.76 bits per heavy atom. The third-order valence-electron chi connectivity index (χ3n) is 3.70. The summed E-state index contributed by atoms with van der Waals surface area (Å²) in [6, 6.07) is 11.3. The maximum absolute atomic E-state index is 14.4. The fraction of sp³-hybridized carbons (Fsp3) is 0.111. The molecule has 0 aliphatic rings. The van der Waals surface area contributed by atoms with Crippen LogP contribution in [0.2, 0.25) is 0 Å². The molecule has 0 bridgehead atoms. The van der Waals surface area contributed by atoms with Crippen LogP contribution in [-0.2, 0) is 4.74 Å². The Kier molecular flexibility index (Phi) is 4.47. The Bertz CT molecular complexity index is 938. The number of hydrogen-bond acceptors (Lipinski definition) is 3. The number of halogens is 2. The molecule has 0 fully saturated rings. The van der Waals surface area contributed by atoms with Gasteiger partial charge in [0.15, 0.2) is 0 Å². The lowest BCUT2D eigenvalue weighted by Crippen LogP contribution is -2.69. The van der Waals surface area contributed by atoms with Gasteiger partial charge in [0.05, 0.1) is 16.5 Å². The van der Waals surface area contributed by atoms with Crippen molar-refractivity contribution in [2.24, 2.45) is 0 Å². The molecule has 0 N–H and O–H groups in total. The number of carbonyl (C=O) groups excluding carboxylic acids is 1. The minimum atomic E-state index is -0.923. The molecule has 3 aromatic rings. The molecule has 0 saturated heterocycles. The molecule has 5 nitrogen and oxygen atoms in total. The SMILES string of the molecule is COC(=O)c1cccc[n+]1-[n+]1ccccc1-c1c(C)cc(F)nc1F. The van der Waals surface area contributed by atoms with Gasteiger partial charge in [-0.05, 0) is 30.7 Å². The molecular weight excluding hydrogens is 328 g/mol. The van der Waals surface area contributed by atoms with Crippen molar-refractivity contribution in [1.82, 2.24) is 4.98 Å². The van der Waals surface area contributed by atoms with Crippen LogP contribution in [0.3, 0.4) is 0 Å². The first-order valence-electron chi connectivity index (χ1n) is 7.46. The van der Waals surface area contributed by atoms with Crippen molar-refractivity contribution in [1.29, 1.82) is 0 Å². The second-order valence-corrected chi connectivity index (χ2v) is 5.28. The zero-order valence-electron chi connectivity index (χ0n) is 13.6. The average Bonchev–Trinajstić information content (AvgIpc) is 2.60. The van der Waals surface area contributed by atoms with E-state index in [-0.39, 0.29) is 11.3 Å². The van der Waals surface area contributed by atoms with E-state index in [9.17, 15) is 13.6 Å². The summed E-state index contributed by atoms with van der Waals surface area (Å²) < 4.78 is 35.6. The molecule has 0 aliphatic carbocycles. The maximum atomic E-state index is 14.4. The summed E-state index contributed by atoms with van der Waals surface area (Å²) in [6.45, 7) is 1.59. The highest BCUT2D eigenvalue weighted by Gasteiger charge is 2.32. The molecule has 0 unspecified atom stereocenters. The topological polar surface area (TPSA) is 47.0 Å². The van der Waals surface area contributed by atoms with Crippen molar-refractivity contribution in [3.63, 3.8) is 0 Å². The van der Waals surface area contributed by atoms with Gasteiger partial charge in [-0.1, -0.05) is 0 Å².